The van der Waals surface area contributed by atoms with Crippen LogP contribution in [0.1, 0.15) is 34.0 Å². The Hall–Kier alpha value is -3.26. The summed E-state index contributed by atoms with van der Waals surface area (Å²) in [6, 6.07) is 12.8. The number of carboxylic acid groups (broad SMARTS) is 1. The van der Waals surface area contributed by atoms with Crippen molar-refractivity contribution in [1.29, 1.82) is 0 Å². The normalized spacial score (nSPS) is 13.9. The number of hydrogen-bond acceptors (Lipinski definition) is 3. The van der Waals surface area contributed by atoms with Crippen LogP contribution in [0.25, 0.3) is 0 Å². The topological polar surface area (TPSA) is 75.6 Å². The molecule has 0 saturated heterocycles. The molecular weight excluding hydrogens is 342 g/mol. The second-order valence-electron chi connectivity index (χ2n) is 6.63. The van der Waals surface area contributed by atoms with E-state index in [0.29, 0.717) is 11.3 Å². The molecule has 0 aromatic heterocycles. The van der Waals surface area contributed by atoms with Crippen molar-refractivity contribution in [2.24, 2.45) is 0 Å². The standard InChI is InChI=1S/C22H21NO4/c1-3-4-12-27-19-15(2)8-7-11-18(19)20(24)23-22(21(25)26)13-16-9-5-6-10-17(16)14-22/h5-11H,12-14H2,1-2H3,(H,23,24)(H,25,26). The molecule has 2 aromatic carbocycles. The van der Waals surface area contributed by atoms with Gasteiger partial charge in [0.25, 0.3) is 5.91 Å². The first-order valence-corrected chi connectivity index (χ1v) is 8.71. The average Bonchev–Trinajstić information content (AvgIpc) is 3.02. The van der Waals surface area contributed by atoms with Gasteiger partial charge in [-0.15, -0.1) is 5.92 Å². The predicted molar refractivity (Wildman–Crippen MR) is 102 cm³/mol. The number of carbonyl (C=O) groups excluding carboxylic acids is 1. The number of para-hydroxylation sites is 1. The van der Waals surface area contributed by atoms with E-state index in [1.165, 1.54) is 0 Å². The fourth-order valence-corrected chi connectivity index (χ4v) is 3.40. The monoisotopic (exact) mass is 363 g/mol. The van der Waals surface area contributed by atoms with Crippen molar-refractivity contribution in [1.82, 2.24) is 5.32 Å². The zero-order valence-corrected chi connectivity index (χ0v) is 15.3. The van der Waals surface area contributed by atoms with E-state index in [2.05, 4.69) is 17.2 Å². The highest BCUT2D eigenvalue weighted by Gasteiger charge is 2.45. The number of carboxylic acids is 1. The van der Waals surface area contributed by atoms with E-state index in [0.717, 1.165) is 16.7 Å². The molecule has 0 radical (unpaired) electrons. The SMILES string of the molecule is CC#CCOc1c(C)cccc1C(=O)NC1(C(=O)O)Cc2ccccc2C1. The van der Waals surface area contributed by atoms with Crippen LogP contribution in [-0.2, 0) is 17.6 Å². The Morgan fingerprint density at radius 2 is 1.81 bits per heavy atom. The van der Waals surface area contributed by atoms with E-state index in [1.54, 1.807) is 19.1 Å². The van der Waals surface area contributed by atoms with Crippen molar-refractivity contribution in [3.8, 4) is 17.6 Å². The third-order valence-electron chi connectivity index (χ3n) is 4.79. The number of benzene rings is 2. The van der Waals surface area contributed by atoms with E-state index in [4.69, 9.17) is 4.74 Å². The van der Waals surface area contributed by atoms with Gasteiger partial charge in [0.05, 0.1) is 5.56 Å². The van der Waals surface area contributed by atoms with Crippen molar-refractivity contribution in [2.45, 2.75) is 32.2 Å². The highest BCUT2D eigenvalue weighted by Crippen LogP contribution is 2.32. The number of amides is 1. The van der Waals surface area contributed by atoms with E-state index >= 15 is 0 Å². The van der Waals surface area contributed by atoms with Gasteiger partial charge in [0, 0.05) is 12.8 Å². The molecule has 1 aliphatic rings. The lowest BCUT2D eigenvalue weighted by Gasteiger charge is -2.26. The largest absolute Gasteiger partial charge is 0.480 e. The molecule has 0 saturated carbocycles. The lowest BCUT2D eigenvalue weighted by molar-refractivity contribution is -0.144. The van der Waals surface area contributed by atoms with Gasteiger partial charge in [0.1, 0.15) is 17.9 Å². The first-order chi connectivity index (χ1) is 13.0. The Balaban J connectivity index is 1.89. The first kappa shape index (κ1) is 18.5. The van der Waals surface area contributed by atoms with E-state index in [1.807, 2.05) is 37.3 Å². The zero-order valence-electron chi connectivity index (χ0n) is 15.3. The van der Waals surface area contributed by atoms with E-state index in [9.17, 15) is 14.7 Å². The summed E-state index contributed by atoms with van der Waals surface area (Å²) in [4.78, 5) is 25.0. The van der Waals surface area contributed by atoms with Crippen LogP contribution in [0.2, 0.25) is 0 Å². The van der Waals surface area contributed by atoms with E-state index in [-0.39, 0.29) is 19.4 Å². The van der Waals surface area contributed by atoms with Gasteiger partial charge >= 0.3 is 5.97 Å². The smallest absolute Gasteiger partial charge is 0.330 e. The van der Waals surface area contributed by atoms with Crippen molar-refractivity contribution < 1.29 is 19.4 Å². The molecule has 5 heteroatoms. The maximum Gasteiger partial charge on any atom is 0.330 e. The van der Waals surface area contributed by atoms with Gasteiger partial charge in [-0.05, 0) is 36.6 Å². The molecule has 2 aromatic rings. The second-order valence-corrected chi connectivity index (χ2v) is 6.63. The summed E-state index contributed by atoms with van der Waals surface area (Å²) in [6.45, 7) is 3.71. The summed E-state index contributed by atoms with van der Waals surface area (Å²) in [5, 5.41) is 12.6. The van der Waals surface area contributed by atoms with Crippen molar-refractivity contribution in [2.75, 3.05) is 6.61 Å². The van der Waals surface area contributed by atoms with Crippen LogP contribution in [0.4, 0.5) is 0 Å². The van der Waals surface area contributed by atoms with E-state index < -0.39 is 17.4 Å². The molecule has 0 atom stereocenters. The molecule has 5 nitrogen and oxygen atoms in total. The minimum atomic E-state index is -1.36. The second kappa shape index (κ2) is 7.55. The summed E-state index contributed by atoms with van der Waals surface area (Å²) in [7, 11) is 0. The molecule has 2 N–H and O–H groups in total. The molecule has 27 heavy (non-hydrogen) atoms. The highest BCUT2D eigenvalue weighted by molar-refractivity contribution is 6.00. The molecular formula is C22H21NO4. The van der Waals surface area contributed by atoms with Gasteiger partial charge < -0.3 is 15.2 Å². The van der Waals surface area contributed by atoms with Crippen LogP contribution in [0.15, 0.2) is 42.5 Å². The number of rotatable bonds is 5. The van der Waals surface area contributed by atoms with Crippen molar-refractivity contribution in [3.63, 3.8) is 0 Å². The molecule has 0 bridgehead atoms. The Kier molecular flexibility index (Phi) is 5.18. The van der Waals surface area contributed by atoms with Crippen LogP contribution in [-0.4, -0.2) is 29.1 Å². The van der Waals surface area contributed by atoms with Crippen molar-refractivity contribution >= 4 is 11.9 Å². The van der Waals surface area contributed by atoms with Gasteiger partial charge in [-0.2, -0.15) is 0 Å². The summed E-state index contributed by atoms with van der Waals surface area (Å²) in [5.41, 5.74) is 1.63. The van der Waals surface area contributed by atoms with Crippen LogP contribution in [0.5, 0.6) is 5.75 Å². The maximum atomic E-state index is 13.0. The fourth-order valence-electron chi connectivity index (χ4n) is 3.40. The number of nitrogens with one attached hydrogen (secondary N) is 1. The summed E-state index contributed by atoms with van der Waals surface area (Å²) in [5.74, 6) is 4.46. The minimum Gasteiger partial charge on any atom is -0.480 e. The highest BCUT2D eigenvalue weighted by atomic mass is 16.5. The van der Waals surface area contributed by atoms with Crippen LogP contribution < -0.4 is 10.1 Å². The van der Waals surface area contributed by atoms with Crippen LogP contribution in [0, 0.1) is 18.8 Å². The number of hydrogen-bond donors (Lipinski definition) is 2. The maximum absolute atomic E-state index is 13.0. The van der Waals surface area contributed by atoms with Gasteiger partial charge in [-0.3, -0.25) is 4.79 Å². The van der Waals surface area contributed by atoms with Gasteiger partial charge in [-0.25, -0.2) is 4.79 Å². The van der Waals surface area contributed by atoms with Gasteiger partial charge in [0.2, 0.25) is 0 Å². The molecule has 0 unspecified atom stereocenters. The Labute approximate surface area is 158 Å². The van der Waals surface area contributed by atoms with Gasteiger partial charge in [0.15, 0.2) is 0 Å². The summed E-state index contributed by atoms with van der Waals surface area (Å²) < 4.78 is 5.67. The fraction of sp³-hybridized carbons (Fsp3) is 0.273. The minimum absolute atomic E-state index is 0.164. The quantitative estimate of drug-likeness (QED) is 0.801. The molecule has 1 amide bonds. The van der Waals surface area contributed by atoms with Crippen molar-refractivity contribution in [3.05, 3.63) is 64.7 Å². The first-order valence-electron chi connectivity index (χ1n) is 8.71. The number of ether oxygens (including phenoxy) is 1. The molecule has 1 aliphatic carbocycles. The number of carbonyl (C=O) groups is 2. The molecule has 138 valence electrons. The molecule has 0 fully saturated rings. The number of fused-ring (bicyclic) bond motifs is 1. The third-order valence-corrected chi connectivity index (χ3v) is 4.79. The number of aliphatic carboxylic acids is 1. The van der Waals surface area contributed by atoms with Crippen LogP contribution in [0.3, 0.4) is 0 Å². The third kappa shape index (κ3) is 3.65. The summed E-state index contributed by atoms with van der Waals surface area (Å²) >= 11 is 0. The molecule has 0 spiro atoms. The summed E-state index contributed by atoms with van der Waals surface area (Å²) in [6.07, 6.45) is 0.515. The van der Waals surface area contributed by atoms with Gasteiger partial charge in [-0.1, -0.05) is 42.3 Å². The Morgan fingerprint density at radius 1 is 1.15 bits per heavy atom. The predicted octanol–water partition coefficient (Wildman–Crippen LogP) is 2.75. The number of aryl methyl sites for hydroxylation is 1. The lowest BCUT2D eigenvalue weighted by Crippen LogP contribution is -2.55. The zero-order chi connectivity index (χ0) is 19.4. The Morgan fingerprint density at radius 3 is 2.41 bits per heavy atom. The molecule has 3 rings (SSSR count). The molecule has 0 heterocycles. The molecule has 0 aliphatic heterocycles. The van der Waals surface area contributed by atoms with Crippen LogP contribution >= 0.6 is 0 Å². The Bertz CT molecular complexity index is 927. The lowest BCUT2D eigenvalue weighted by atomic mass is 9.95. The average molecular weight is 363 g/mol.